The Bertz CT molecular complexity index is 998. The summed E-state index contributed by atoms with van der Waals surface area (Å²) in [5.74, 6) is 0.188. The molecule has 0 unspecified atom stereocenters. The molecule has 0 spiro atoms. The van der Waals surface area contributed by atoms with E-state index in [1.807, 2.05) is 44.2 Å². The van der Waals surface area contributed by atoms with Gasteiger partial charge < -0.3 is 4.18 Å². The van der Waals surface area contributed by atoms with Crippen LogP contribution in [0.25, 0.3) is 6.08 Å². The maximum absolute atomic E-state index is 12.9. The van der Waals surface area contributed by atoms with Gasteiger partial charge in [0.05, 0.1) is 6.26 Å². The molecule has 1 atom stereocenters. The van der Waals surface area contributed by atoms with Gasteiger partial charge in [0.25, 0.3) is 0 Å². The van der Waals surface area contributed by atoms with Gasteiger partial charge in [0.2, 0.25) is 10.0 Å². The van der Waals surface area contributed by atoms with E-state index in [4.69, 9.17) is 4.18 Å². The molecule has 0 amide bonds. The summed E-state index contributed by atoms with van der Waals surface area (Å²) in [6.45, 7) is 3.96. The second-order valence-electron chi connectivity index (χ2n) is 6.49. The molecule has 0 saturated carbocycles. The summed E-state index contributed by atoms with van der Waals surface area (Å²) < 4.78 is 54.4. The van der Waals surface area contributed by atoms with Crippen molar-refractivity contribution >= 4 is 26.2 Å². The lowest BCUT2D eigenvalue weighted by Crippen LogP contribution is -2.36. The van der Waals surface area contributed by atoms with Crippen molar-refractivity contribution in [2.24, 2.45) is 0 Å². The Balaban J connectivity index is 2.22. The first kappa shape index (κ1) is 22.1. The van der Waals surface area contributed by atoms with E-state index in [1.54, 1.807) is 18.2 Å². The topological polar surface area (TPSA) is 80.8 Å². The van der Waals surface area contributed by atoms with Gasteiger partial charge in [-0.05, 0) is 42.7 Å². The third kappa shape index (κ3) is 6.78. The largest absolute Gasteiger partial charge is 0.383 e. The quantitative estimate of drug-likeness (QED) is 0.576. The van der Waals surface area contributed by atoms with E-state index >= 15 is 0 Å². The monoisotopic (exact) mass is 423 g/mol. The van der Waals surface area contributed by atoms with Crippen molar-refractivity contribution in [3.8, 4) is 5.75 Å². The highest BCUT2D eigenvalue weighted by Gasteiger charge is 2.24. The van der Waals surface area contributed by atoms with E-state index < -0.39 is 20.1 Å². The van der Waals surface area contributed by atoms with Gasteiger partial charge in [-0.1, -0.05) is 49.4 Å². The molecule has 0 fully saturated rings. The predicted molar refractivity (Wildman–Crippen MR) is 112 cm³/mol. The minimum absolute atomic E-state index is 0.176. The summed E-state index contributed by atoms with van der Waals surface area (Å²) in [5.41, 5.74) is 1.54. The number of nitrogens with zero attached hydrogens (tertiary/aromatic N) is 1. The predicted octanol–water partition coefficient (Wildman–Crippen LogP) is 3.63. The van der Waals surface area contributed by atoms with Gasteiger partial charge in [-0.2, -0.15) is 12.7 Å². The van der Waals surface area contributed by atoms with E-state index in [0.717, 1.165) is 17.4 Å². The van der Waals surface area contributed by atoms with Gasteiger partial charge in [-0.25, -0.2) is 8.42 Å². The molecule has 2 rings (SSSR count). The van der Waals surface area contributed by atoms with E-state index in [9.17, 15) is 16.8 Å². The van der Waals surface area contributed by atoms with Crippen LogP contribution in [0, 0.1) is 0 Å². The number of benzene rings is 2. The molecule has 6 nitrogen and oxygen atoms in total. The standard InChI is InChI=1S/C20H25NO5S2/c1-4-17(2)21(28(24,25)15-14-18-8-6-5-7-9-18)16-19-10-12-20(13-11-19)26-27(3,22)23/h5-15,17H,4,16H2,1-3H3/b15-14+/t17-/m1/s1. The minimum atomic E-state index is -3.64. The van der Waals surface area contributed by atoms with Gasteiger partial charge in [0.15, 0.2) is 0 Å². The van der Waals surface area contributed by atoms with Crippen LogP contribution in [0.5, 0.6) is 5.75 Å². The van der Waals surface area contributed by atoms with Crippen LogP contribution >= 0.6 is 0 Å². The molecule has 0 aromatic heterocycles. The van der Waals surface area contributed by atoms with Gasteiger partial charge >= 0.3 is 10.1 Å². The highest BCUT2D eigenvalue weighted by molar-refractivity contribution is 7.92. The molecule has 2 aromatic rings. The number of sulfonamides is 1. The Hall–Kier alpha value is -2.16. The van der Waals surface area contributed by atoms with Crippen LogP contribution in [0.4, 0.5) is 0 Å². The zero-order valence-electron chi connectivity index (χ0n) is 16.1. The lowest BCUT2D eigenvalue weighted by molar-refractivity contribution is 0.327. The first-order chi connectivity index (χ1) is 13.1. The molecule has 0 aliphatic rings. The summed E-state index contributed by atoms with van der Waals surface area (Å²) in [6.07, 6.45) is 3.21. The third-order valence-corrected chi connectivity index (χ3v) is 6.27. The minimum Gasteiger partial charge on any atom is -0.383 e. The molecule has 0 saturated heterocycles. The zero-order valence-corrected chi connectivity index (χ0v) is 17.8. The van der Waals surface area contributed by atoms with Crippen LogP contribution in [0.3, 0.4) is 0 Å². The van der Waals surface area contributed by atoms with Crippen molar-refractivity contribution in [1.29, 1.82) is 0 Å². The average Bonchev–Trinajstić information content (AvgIpc) is 2.65. The van der Waals surface area contributed by atoms with Crippen molar-refractivity contribution in [3.05, 3.63) is 71.1 Å². The second-order valence-corrected chi connectivity index (χ2v) is 9.84. The van der Waals surface area contributed by atoms with Gasteiger partial charge in [-0.15, -0.1) is 0 Å². The molecule has 8 heteroatoms. The van der Waals surface area contributed by atoms with E-state index in [-0.39, 0.29) is 18.3 Å². The molecule has 152 valence electrons. The summed E-state index contributed by atoms with van der Waals surface area (Å²) >= 11 is 0. The summed E-state index contributed by atoms with van der Waals surface area (Å²) in [4.78, 5) is 0. The molecule has 0 heterocycles. The Morgan fingerprint density at radius 3 is 2.14 bits per heavy atom. The fraction of sp³-hybridized carbons (Fsp3) is 0.300. The highest BCUT2D eigenvalue weighted by atomic mass is 32.2. The summed E-state index contributed by atoms with van der Waals surface area (Å²) in [6, 6.07) is 15.4. The molecule has 0 bridgehead atoms. The van der Waals surface area contributed by atoms with E-state index in [2.05, 4.69) is 0 Å². The molecule has 0 aliphatic heterocycles. The second kappa shape index (κ2) is 9.36. The molecular formula is C20H25NO5S2. The summed E-state index contributed by atoms with van der Waals surface area (Å²) in [5, 5.41) is 1.22. The molecule has 2 aromatic carbocycles. The van der Waals surface area contributed by atoms with Crippen LogP contribution in [-0.4, -0.2) is 33.4 Å². The van der Waals surface area contributed by atoms with Crippen molar-refractivity contribution in [3.63, 3.8) is 0 Å². The van der Waals surface area contributed by atoms with Crippen LogP contribution in [-0.2, 0) is 26.7 Å². The van der Waals surface area contributed by atoms with Crippen molar-refractivity contribution in [2.45, 2.75) is 32.9 Å². The Morgan fingerprint density at radius 2 is 1.61 bits per heavy atom. The molecule has 0 N–H and O–H groups in total. The molecule has 28 heavy (non-hydrogen) atoms. The van der Waals surface area contributed by atoms with Gasteiger partial charge in [-0.3, -0.25) is 0 Å². The van der Waals surface area contributed by atoms with Crippen LogP contribution in [0.2, 0.25) is 0 Å². The number of rotatable bonds is 9. The molecule has 0 radical (unpaired) electrons. The van der Waals surface area contributed by atoms with Crippen LogP contribution in [0.1, 0.15) is 31.4 Å². The Morgan fingerprint density at radius 1 is 1.00 bits per heavy atom. The molecular weight excluding hydrogens is 398 g/mol. The smallest absolute Gasteiger partial charge is 0.306 e. The van der Waals surface area contributed by atoms with Crippen molar-refractivity contribution < 1.29 is 21.0 Å². The normalized spacial score (nSPS) is 13.7. The Labute approximate surface area is 167 Å². The van der Waals surface area contributed by atoms with Gasteiger partial charge in [0, 0.05) is 18.0 Å². The Kier molecular flexibility index (Phi) is 7.40. The molecule has 0 aliphatic carbocycles. The first-order valence-corrected chi connectivity index (χ1v) is 12.2. The number of hydrogen-bond acceptors (Lipinski definition) is 5. The number of hydrogen-bond donors (Lipinski definition) is 0. The lowest BCUT2D eigenvalue weighted by Gasteiger charge is -2.26. The summed E-state index contributed by atoms with van der Waals surface area (Å²) in [7, 11) is -7.25. The highest BCUT2D eigenvalue weighted by Crippen LogP contribution is 2.20. The van der Waals surface area contributed by atoms with Crippen LogP contribution < -0.4 is 4.18 Å². The average molecular weight is 424 g/mol. The van der Waals surface area contributed by atoms with E-state index in [0.29, 0.717) is 6.42 Å². The maximum Gasteiger partial charge on any atom is 0.306 e. The van der Waals surface area contributed by atoms with E-state index in [1.165, 1.54) is 21.8 Å². The van der Waals surface area contributed by atoms with Crippen molar-refractivity contribution in [1.82, 2.24) is 4.31 Å². The van der Waals surface area contributed by atoms with Gasteiger partial charge in [0.1, 0.15) is 5.75 Å². The third-order valence-electron chi connectivity index (χ3n) is 4.15. The lowest BCUT2D eigenvalue weighted by atomic mass is 10.2. The van der Waals surface area contributed by atoms with Crippen molar-refractivity contribution in [2.75, 3.05) is 6.26 Å². The fourth-order valence-electron chi connectivity index (χ4n) is 2.51. The SMILES string of the molecule is CC[C@@H](C)N(Cc1ccc(OS(C)(=O)=O)cc1)S(=O)(=O)/C=C/c1ccccc1. The maximum atomic E-state index is 12.9. The first-order valence-electron chi connectivity index (χ1n) is 8.84. The van der Waals surface area contributed by atoms with Crippen LogP contribution in [0.15, 0.2) is 60.0 Å². The zero-order chi connectivity index (χ0) is 20.8. The fourth-order valence-corrected chi connectivity index (χ4v) is 4.44.